The summed E-state index contributed by atoms with van der Waals surface area (Å²) in [5, 5.41) is 2.97. The topological polar surface area (TPSA) is 29.1 Å². The largest absolute Gasteiger partial charge is 0.326 e. The van der Waals surface area contributed by atoms with Crippen LogP contribution in [0.1, 0.15) is 17.9 Å². The lowest BCUT2D eigenvalue weighted by atomic mass is 10.1. The zero-order valence-corrected chi connectivity index (χ0v) is 11.9. The van der Waals surface area contributed by atoms with Crippen molar-refractivity contribution in [3.63, 3.8) is 0 Å². The molecule has 0 bridgehead atoms. The van der Waals surface area contributed by atoms with E-state index in [-0.39, 0.29) is 11.8 Å². The quantitative estimate of drug-likeness (QED) is 0.904. The van der Waals surface area contributed by atoms with Crippen molar-refractivity contribution in [3.8, 4) is 0 Å². The lowest BCUT2D eigenvalue weighted by molar-refractivity contribution is -0.117. The summed E-state index contributed by atoms with van der Waals surface area (Å²) in [4.78, 5) is 12.1. The van der Waals surface area contributed by atoms with E-state index in [0.29, 0.717) is 5.92 Å². The molecule has 1 aliphatic carbocycles. The smallest absolute Gasteiger partial charge is 0.228 e. The average Bonchev–Trinajstić information content (AvgIpc) is 3.21. The normalized spacial score (nSPS) is 20.9. The number of amides is 1. The van der Waals surface area contributed by atoms with Gasteiger partial charge in [-0.3, -0.25) is 4.79 Å². The highest BCUT2D eigenvalue weighted by Crippen LogP contribution is 2.48. The van der Waals surface area contributed by atoms with Crippen molar-refractivity contribution in [2.24, 2.45) is 5.92 Å². The summed E-state index contributed by atoms with van der Waals surface area (Å²) in [6, 6.07) is 17.8. The summed E-state index contributed by atoms with van der Waals surface area (Å²) in [5.41, 5.74) is 2.12. The lowest BCUT2D eigenvalue weighted by Crippen LogP contribution is -2.14. The molecule has 0 aliphatic heterocycles. The Morgan fingerprint density at radius 1 is 1.05 bits per heavy atom. The van der Waals surface area contributed by atoms with Crippen molar-refractivity contribution in [1.29, 1.82) is 0 Å². The minimum absolute atomic E-state index is 0.112. The minimum Gasteiger partial charge on any atom is -0.326 e. The molecule has 2 nitrogen and oxygen atoms in total. The predicted molar refractivity (Wildman–Crippen MR) is 80.1 cm³/mol. The molecular weight excluding hydrogens is 302 g/mol. The fraction of sp³-hybridized carbons (Fsp3) is 0.188. The third kappa shape index (κ3) is 2.87. The van der Waals surface area contributed by atoms with Crippen molar-refractivity contribution in [3.05, 3.63) is 64.6 Å². The zero-order valence-electron chi connectivity index (χ0n) is 10.3. The molecule has 0 heterocycles. The highest BCUT2D eigenvalue weighted by molar-refractivity contribution is 9.10. The number of rotatable bonds is 3. The van der Waals surface area contributed by atoms with E-state index in [0.717, 1.165) is 16.6 Å². The third-order valence-corrected chi connectivity index (χ3v) is 4.00. The molecule has 1 N–H and O–H groups in total. The van der Waals surface area contributed by atoms with Crippen LogP contribution in [-0.2, 0) is 4.79 Å². The first-order chi connectivity index (χ1) is 9.24. The predicted octanol–water partition coefficient (Wildman–Crippen LogP) is 4.19. The Balaban J connectivity index is 1.63. The minimum atomic E-state index is 0.112. The number of carbonyl (C=O) groups excluding carboxylic acids is 1. The van der Waals surface area contributed by atoms with Crippen LogP contribution in [0.2, 0.25) is 0 Å². The summed E-state index contributed by atoms with van der Waals surface area (Å²) in [6.45, 7) is 0. The van der Waals surface area contributed by atoms with Crippen LogP contribution < -0.4 is 5.32 Å². The van der Waals surface area contributed by atoms with Gasteiger partial charge in [0.25, 0.3) is 0 Å². The molecule has 96 valence electrons. The Bertz CT molecular complexity index is 579. The molecule has 2 aromatic rings. The van der Waals surface area contributed by atoms with Crippen LogP contribution in [0.3, 0.4) is 0 Å². The first kappa shape index (κ1) is 12.4. The van der Waals surface area contributed by atoms with Gasteiger partial charge in [0.15, 0.2) is 0 Å². The average molecular weight is 316 g/mol. The number of carbonyl (C=O) groups is 1. The van der Waals surface area contributed by atoms with E-state index in [1.807, 2.05) is 42.5 Å². The Morgan fingerprint density at radius 3 is 2.42 bits per heavy atom. The monoisotopic (exact) mass is 315 g/mol. The molecule has 3 rings (SSSR count). The van der Waals surface area contributed by atoms with E-state index in [9.17, 15) is 4.79 Å². The molecule has 0 radical (unpaired) electrons. The number of benzene rings is 2. The molecule has 2 aromatic carbocycles. The fourth-order valence-corrected chi connectivity index (χ4v) is 2.58. The van der Waals surface area contributed by atoms with Crippen molar-refractivity contribution in [1.82, 2.24) is 0 Å². The zero-order chi connectivity index (χ0) is 13.2. The second kappa shape index (κ2) is 5.17. The Kier molecular flexibility index (Phi) is 3.38. The van der Waals surface area contributed by atoms with Gasteiger partial charge in [0.05, 0.1) is 0 Å². The van der Waals surface area contributed by atoms with E-state index in [4.69, 9.17) is 0 Å². The Morgan fingerprint density at radius 2 is 1.74 bits per heavy atom. The summed E-state index contributed by atoms with van der Waals surface area (Å²) in [7, 11) is 0. The molecule has 2 atom stereocenters. The highest BCUT2D eigenvalue weighted by atomic mass is 79.9. The highest BCUT2D eigenvalue weighted by Gasteiger charge is 2.43. The second-order valence-corrected chi connectivity index (χ2v) is 5.77. The fourth-order valence-electron chi connectivity index (χ4n) is 2.32. The molecule has 1 fully saturated rings. The van der Waals surface area contributed by atoms with Crippen LogP contribution in [0.25, 0.3) is 0 Å². The van der Waals surface area contributed by atoms with Gasteiger partial charge >= 0.3 is 0 Å². The number of para-hydroxylation sites is 1. The first-order valence-corrected chi connectivity index (χ1v) is 7.15. The third-order valence-electron chi connectivity index (χ3n) is 3.47. The maximum atomic E-state index is 12.1. The summed E-state index contributed by atoms with van der Waals surface area (Å²) >= 11 is 3.42. The molecule has 0 aromatic heterocycles. The first-order valence-electron chi connectivity index (χ1n) is 6.35. The molecule has 1 aliphatic rings. The number of nitrogens with one attached hydrogen (secondary N) is 1. The van der Waals surface area contributed by atoms with Crippen molar-refractivity contribution in [2.45, 2.75) is 12.3 Å². The van der Waals surface area contributed by atoms with Crippen LogP contribution in [0.15, 0.2) is 59.1 Å². The Hall–Kier alpha value is -1.61. The van der Waals surface area contributed by atoms with Gasteiger partial charge in [-0.25, -0.2) is 0 Å². The number of anilines is 1. The lowest BCUT2D eigenvalue weighted by Gasteiger charge is -2.04. The van der Waals surface area contributed by atoms with Crippen LogP contribution in [-0.4, -0.2) is 5.91 Å². The van der Waals surface area contributed by atoms with Gasteiger partial charge < -0.3 is 5.32 Å². The van der Waals surface area contributed by atoms with Gasteiger partial charge in [0.2, 0.25) is 5.91 Å². The van der Waals surface area contributed by atoms with Gasteiger partial charge in [-0.05, 0) is 42.2 Å². The van der Waals surface area contributed by atoms with Gasteiger partial charge in [0, 0.05) is 16.1 Å². The second-order valence-electron chi connectivity index (χ2n) is 4.86. The van der Waals surface area contributed by atoms with Crippen LogP contribution >= 0.6 is 15.9 Å². The van der Waals surface area contributed by atoms with E-state index in [2.05, 4.69) is 33.4 Å². The molecule has 0 spiro atoms. The van der Waals surface area contributed by atoms with Crippen LogP contribution in [0.5, 0.6) is 0 Å². The maximum absolute atomic E-state index is 12.1. The van der Waals surface area contributed by atoms with Gasteiger partial charge in [-0.15, -0.1) is 0 Å². The van der Waals surface area contributed by atoms with Crippen LogP contribution in [0, 0.1) is 5.92 Å². The van der Waals surface area contributed by atoms with Crippen molar-refractivity contribution >= 4 is 27.5 Å². The van der Waals surface area contributed by atoms with E-state index < -0.39 is 0 Å². The number of halogens is 1. The Labute approximate surface area is 121 Å². The van der Waals surface area contributed by atoms with E-state index >= 15 is 0 Å². The molecule has 1 saturated carbocycles. The molecule has 2 unspecified atom stereocenters. The molecule has 19 heavy (non-hydrogen) atoms. The molecule has 1 amide bonds. The van der Waals surface area contributed by atoms with Gasteiger partial charge in [-0.2, -0.15) is 0 Å². The van der Waals surface area contributed by atoms with Crippen molar-refractivity contribution in [2.75, 3.05) is 5.32 Å². The summed E-state index contributed by atoms with van der Waals surface area (Å²) < 4.78 is 1.07. The maximum Gasteiger partial charge on any atom is 0.228 e. The van der Waals surface area contributed by atoms with E-state index in [1.54, 1.807) is 0 Å². The van der Waals surface area contributed by atoms with Crippen LogP contribution in [0.4, 0.5) is 5.69 Å². The SMILES string of the molecule is O=C(Nc1ccccc1)C1CC1c1ccc(Br)cc1. The molecule has 0 saturated heterocycles. The summed E-state index contributed by atoms with van der Waals surface area (Å²) in [6.07, 6.45) is 0.945. The van der Waals surface area contributed by atoms with E-state index in [1.165, 1.54) is 5.56 Å². The van der Waals surface area contributed by atoms with Gasteiger partial charge in [0.1, 0.15) is 0 Å². The molecule has 3 heteroatoms. The number of hydrogen-bond acceptors (Lipinski definition) is 1. The standard InChI is InChI=1S/C16H14BrNO/c17-12-8-6-11(7-9-12)14-10-15(14)16(19)18-13-4-2-1-3-5-13/h1-9,14-15H,10H2,(H,18,19). The van der Waals surface area contributed by atoms with Crippen molar-refractivity contribution < 1.29 is 4.79 Å². The molecular formula is C16H14BrNO. The number of hydrogen-bond donors (Lipinski definition) is 1. The van der Waals surface area contributed by atoms with Gasteiger partial charge in [-0.1, -0.05) is 46.3 Å². The summed E-state index contributed by atoms with van der Waals surface area (Å²) in [5.74, 6) is 0.609.